The van der Waals surface area contributed by atoms with Gasteiger partial charge in [0.05, 0.1) is 5.69 Å². The van der Waals surface area contributed by atoms with Gasteiger partial charge in [0.15, 0.2) is 5.16 Å². The minimum atomic E-state index is -0.0631. The first-order chi connectivity index (χ1) is 6.49. The Labute approximate surface area is 88.3 Å². The van der Waals surface area contributed by atoms with Crippen molar-refractivity contribution in [3.8, 4) is 0 Å². The van der Waals surface area contributed by atoms with Gasteiger partial charge in [-0.25, -0.2) is 4.98 Å². The molecule has 1 heterocycles. The van der Waals surface area contributed by atoms with Crippen molar-refractivity contribution >= 4 is 11.8 Å². The van der Waals surface area contributed by atoms with Crippen molar-refractivity contribution < 1.29 is 0 Å². The van der Waals surface area contributed by atoms with Crippen molar-refractivity contribution in [3.05, 3.63) is 22.1 Å². The predicted octanol–water partition coefficient (Wildman–Crippen LogP) is 2.39. The van der Waals surface area contributed by atoms with Crippen molar-refractivity contribution in [2.45, 2.75) is 44.0 Å². The van der Waals surface area contributed by atoms with Gasteiger partial charge in [-0.15, -0.1) is 0 Å². The molecule has 0 aliphatic carbocycles. The second-order valence-electron chi connectivity index (χ2n) is 3.80. The van der Waals surface area contributed by atoms with Gasteiger partial charge >= 0.3 is 0 Å². The van der Waals surface area contributed by atoms with Gasteiger partial charge in [0.1, 0.15) is 0 Å². The van der Waals surface area contributed by atoms with Crippen LogP contribution in [0.25, 0.3) is 0 Å². The molecule has 1 N–H and O–H groups in total. The van der Waals surface area contributed by atoms with Crippen molar-refractivity contribution in [1.82, 2.24) is 9.97 Å². The van der Waals surface area contributed by atoms with Crippen LogP contribution in [0.3, 0.4) is 0 Å². The lowest BCUT2D eigenvalue weighted by Crippen LogP contribution is -2.11. The van der Waals surface area contributed by atoms with Gasteiger partial charge in [0.25, 0.3) is 5.56 Å². The maximum Gasteiger partial charge on any atom is 0.251 e. The minimum Gasteiger partial charge on any atom is -0.301 e. The highest BCUT2D eigenvalue weighted by molar-refractivity contribution is 7.99. The van der Waals surface area contributed by atoms with Crippen LogP contribution in [0.4, 0.5) is 0 Å². The maximum absolute atomic E-state index is 11.3. The number of aromatic amines is 1. The molecule has 0 unspecified atom stereocenters. The van der Waals surface area contributed by atoms with Crippen LogP contribution >= 0.6 is 11.8 Å². The predicted molar refractivity (Wildman–Crippen MR) is 59.9 cm³/mol. The van der Waals surface area contributed by atoms with Crippen LogP contribution in [-0.2, 0) is 0 Å². The minimum absolute atomic E-state index is 0.0631. The summed E-state index contributed by atoms with van der Waals surface area (Å²) in [4.78, 5) is 18.4. The Hall–Kier alpha value is -0.770. The third-order valence-corrected chi connectivity index (χ3v) is 2.57. The van der Waals surface area contributed by atoms with Crippen LogP contribution in [0.1, 0.15) is 39.3 Å². The zero-order valence-electron chi connectivity index (χ0n) is 9.00. The first kappa shape index (κ1) is 11.3. The number of nitrogens with one attached hydrogen (secondary N) is 1. The second kappa shape index (κ2) is 4.64. The fraction of sp³-hybridized carbons (Fsp3) is 0.600. The Balaban J connectivity index is 3.01. The monoisotopic (exact) mass is 212 g/mol. The summed E-state index contributed by atoms with van der Waals surface area (Å²) in [6.07, 6.45) is 0. The van der Waals surface area contributed by atoms with E-state index in [1.807, 2.05) is 13.8 Å². The molecule has 3 nitrogen and oxygen atoms in total. The molecule has 0 atom stereocenters. The quantitative estimate of drug-likeness (QED) is 0.618. The standard InChI is InChI=1S/C10H16N2OS/c1-6(2)8-5-9(13)12-10(11-8)14-7(3)4/h5-7H,1-4H3,(H,11,12,13). The highest BCUT2D eigenvalue weighted by atomic mass is 32.2. The molecule has 14 heavy (non-hydrogen) atoms. The molecule has 0 aliphatic rings. The van der Waals surface area contributed by atoms with Gasteiger partial charge in [-0.05, 0) is 5.92 Å². The molecule has 0 fully saturated rings. The number of hydrogen-bond donors (Lipinski definition) is 1. The van der Waals surface area contributed by atoms with Crippen molar-refractivity contribution in [2.24, 2.45) is 0 Å². The van der Waals surface area contributed by atoms with Crippen LogP contribution in [0, 0.1) is 0 Å². The molecule has 0 aromatic carbocycles. The summed E-state index contributed by atoms with van der Waals surface area (Å²) in [6.45, 7) is 8.22. The van der Waals surface area contributed by atoms with Crippen LogP contribution in [-0.4, -0.2) is 15.2 Å². The number of nitrogens with zero attached hydrogens (tertiary/aromatic N) is 1. The number of hydrogen-bond acceptors (Lipinski definition) is 3. The largest absolute Gasteiger partial charge is 0.301 e. The zero-order valence-corrected chi connectivity index (χ0v) is 9.81. The summed E-state index contributed by atoms with van der Waals surface area (Å²) in [5.74, 6) is 0.295. The summed E-state index contributed by atoms with van der Waals surface area (Å²) < 4.78 is 0. The average Bonchev–Trinajstić information content (AvgIpc) is 2.01. The molecule has 1 rings (SSSR count). The van der Waals surface area contributed by atoms with Crippen molar-refractivity contribution in [2.75, 3.05) is 0 Å². The van der Waals surface area contributed by atoms with E-state index in [1.165, 1.54) is 0 Å². The molecule has 4 heteroatoms. The lowest BCUT2D eigenvalue weighted by atomic mass is 10.1. The molecule has 0 bridgehead atoms. The fourth-order valence-electron chi connectivity index (χ4n) is 1.03. The highest BCUT2D eigenvalue weighted by Crippen LogP contribution is 2.19. The van der Waals surface area contributed by atoms with Crippen LogP contribution in [0.15, 0.2) is 16.0 Å². The smallest absolute Gasteiger partial charge is 0.251 e. The topological polar surface area (TPSA) is 45.8 Å². The summed E-state index contributed by atoms with van der Waals surface area (Å²) in [6, 6.07) is 1.56. The van der Waals surface area contributed by atoms with E-state index in [9.17, 15) is 4.79 Å². The van der Waals surface area contributed by atoms with Crippen LogP contribution in [0.5, 0.6) is 0 Å². The molecule has 0 saturated heterocycles. The Bertz CT molecular complexity index is 357. The summed E-state index contributed by atoms with van der Waals surface area (Å²) in [5, 5.41) is 1.15. The molecule has 0 amide bonds. The van der Waals surface area contributed by atoms with Crippen LogP contribution < -0.4 is 5.56 Å². The normalized spacial score (nSPS) is 11.3. The molecule has 78 valence electrons. The SMILES string of the molecule is CC(C)Sc1nc(C(C)C)cc(=O)[nH]1. The van der Waals surface area contributed by atoms with E-state index in [2.05, 4.69) is 23.8 Å². The molecular weight excluding hydrogens is 196 g/mol. The zero-order chi connectivity index (χ0) is 10.7. The van der Waals surface area contributed by atoms with E-state index in [0.717, 1.165) is 10.9 Å². The Morgan fingerprint density at radius 1 is 1.36 bits per heavy atom. The van der Waals surface area contributed by atoms with Gasteiger partial charge < -0.3 is 4.98 Å². The molecular formula is C10H16N2OS. The number of rotatable bonds is 3. The van der Waals surface area contributed by atoms with E-state index in [0.29, 0.717) is 11.2 Å². The van der Waals surface area contributed by atoms with E-state index < -0.39 is 0 Å². The number of thioether (sulfide) groups is 1. The third kappa shape index (κ3) is 3.18. The van der Waals surface area contributed by atoms with Gasteiger partial charge in [0.2, 0.25) is 0 Å². The van der Waals surface area contributed by atoms with Crippen LogP contribution in [0.2, 0.25) is 0 Å². The molecule has 0 aliphatic heterocycles. The summed E-state index contributed by atoms with van der Waals surface area (Å²) in [5.41, 5.74) is 0.795. The third-order valence-electron chi connectivity index (χ3n) is 1.68. The average molecular weight is 212 g/mol. The first-order valence-corrected chi connectivity index (χ1v) is 5.65. The van der Waals surface area contributed by atoms with Crippen molar-refractivity contribution in [3.63, 3.8) is 0 Å². The van der Waals surface area contributed by atoms with E-state index >= 15 is 0 Å². The van der Waals surface area contributed by atoms with E-state index in [4.69, 9.17) is 0 Å². The lowest BCUT2D eigenvalue weighted by molar-refractivity contribution is 0.768. The highest BCUT2D eigenvalue weighted by Gasteiger charge is 2.06. The molecule has 0 saturated carbocycles. The Morgan fingerprint density at radius 3 is 2.50 bits per heavy atom. The molecule has 1 aromatic heterocycles. The van der Waals surface area contributed by atoms with Gasteiger partial charge in [0, 0.05) is 11.3 Å². The Kier molecular flexibility index (Phi) is 3.75. The maximum atomic E-state index is 11.3. The first-order valence-electron chi connectivity index (χ1n) is 4.77. The van der Waals surface area contributed by atoms with Gasteiger partial charge in [-0.2, -0.15) is 0 Å². The van der Waals surface area contributed by atoms with Crippen molar-refractivity contribution in [1.29, 1.82) is 0 Å². The molecule has 0 spiro atoms. The molecule has 0 radical (unpaired) electrons. The van der Waals surface area contributed by atoms with E-state index in [1.54, 1.807) is 17.8 Å². The fourth-order valence-corrected chi connectivity index (χ4v) is 1.79. The molecule has 1 aromatic rings. The van der Waals surface area contributed by atoms with E-state index in [-0.39, 0.29) is 5.56 Å². The van der Waals surface area contributed by atoms with Gasteiger partial charge in [-0.1, -0.05) is 39.5 Å². The summed E-state index contributed by atoms with van der Waals surface area (Å²) in [7, 11) is 0. The number of aromatic nitrogens is 2. The lowest BCUT2D eigenvalue weighted by Gasteiger charge is -2.07. The Morgan fingerprint density at radius 2 is 2.00 bits per heavy atom. The summed E-state index contributed by atoms with van der Waals surface area (Å²) >= 11 is 1.58. The van der Waals surface area contributed by atoms with Gasteiger partial charge in [-0.3, -0.25) is 4.79 Å². The number of H-pyrrole nitrogens is 1. The second-order valence-corrected chi connectivity index (χ2v) is 5.36.